The molecule has 8 nitrogen and oxygen atoms in total. The third kappa shape index (κ3) is 4.75. The highest BCUT2D eigenvalue weighted by Crippen LogP contribution is 2.28. The van der Waals surface area contributed by atoms with Crippen molar-refractivity contribution < 1.29 is 19.4 Å². The summed E-state index contributed by atoms with van der Waals surface area (Å²) in [7, 11) is 0. The summed E-state index contributed by atoms with van der Waals surface area (Å²) in [5.74, 6) is -0.269. The quantitative estimate of drug-likeness (QED) is 0.330. The highest BCUT2D eigenvalue weighted by molar-refractivity contribution is 7.14. The fourth-order valence-electron chi connectivity index (χ4n) is 3.53. The summed E-state index contributed by atoms with van der Waals surface area (Å²) in [4.78, 5) is 28.4. The van der Waals surface area contributed by atoms with Crippen molar-refractivity contribution in [3.63, 3.8) is 0 Å². The van der Waals surface area contributed by atoms with Gasteiger partial charge in [0.1, 0.15) is 6.23 Å². The number of hydrogen-bond donors (Lipinski definition) is 3. The highest BCUT2D eigenvalue weighted by atomic mass is 32.1. The summed E-state index contributed by atoms with van der Waals surface area (Å²) in [6.45, 7) is 8.73. The lowest BCUT2D eigenvalue weighted by molar-refractivity contribution is -0.0895. The van der Waals surface area contributed by atoms with Crippen molar-refractivity contribution in [2.45, 2.75) is 31.7 Å². The van der Waals surface area contributed by atoms with Gasteiger partial charge in [0.2, 0.25) is 0 Å². The number of carbonyl (C=O) groups is 2. The molecule has 4 rings (SSSR count). The Morgan fingerprint density at radius 1 is 1.36 bits per heavy atom. The minimum Gasteiger partial charge on any atom is -0.376 e. The van der Waals surface area contributed by atoms with E-state index in [2.05, 4.69) is 29.1 Å². The summed E-state index contributed by atoms with van der Waals surface area (Å²) >= 11 is 1.33. The number of carbonyl (C=O) groups excluding carboxylic acids is 2. The molecule has 1 amide bonds. The number of aliphatic hydroxyl groups is 1. The number of thiazole rings is 1. The van der Waals surface area contributed by atoms with E-state index in [9.17, 15) is 14.7 Å². The highest BCUT2D eigenvalue weighted by Gasteiger charge is 2.35. The lowest BCUT2D eigenvalue weighted by Gasteiger charge is -2.39. The molecule has 1 fully saturated rings. The van der Waals surface area contributed by atoms with Crippen LogP contribution in [0.2, 0.25) is 0 Å². The number of nitrogens with zero attached hydrogens (tertiary/aromatic N) is 2. The number of anilines is 1. The topological polar surface area (TPSA) is 105 Å². The standard InChI is InChI=1S/C24H26N4O4S/c1-4-16-5-6-17(9-19(16)11-29)20-12-33-23(26-20)27-21(30)15(2)25-22(31)18-7-8-28(10-18)24(3)13-32-14-24/h4-12,15,21,30H,1,13-14H2,2-3H3,(H,25,31)(H,26,27)/t15-,21?/m0/s1. The van der Waals surface area contributed by atoms with Crippen LogP contribution in [0.15, 0.2) is 48.6 Å². The number of hydrogen-bond acceptors (Lipinski definition) is 7. The molecule has 1 aromatic carbocycles. The molecular weight excluding hydrogens is 440 g/mol. The van der Waals surface area contributed by atoms with Crippen molar-refractivity contribution in [1.29, 1.82) is 0 Å². The summed E-state index contributed by atoms with van der Waals surface area (Å²) in [5.41, 5.74) is 3.17. The van der Waals surface area contributed by atoms with Crippen molar-refractivity contribution in [1.82, 2.24) is 14.9 Å². The predicted molar refractivity (Wildman–Crippen MR) is 128 cm³/mol. The molecule has 2 aromatic heterocycles. The van der Waals surface area contributed by atoms with Gasteiger partial charge in [-0.25, -0.2) is 4.98 Å². The summed E-state index contributed by atoms with van der Waals surface area (Å²) in [6.07, 6.45) is 5.04. The Kier molecular flexibility index (Phi) is 6.46. The average molecular weight is 467 g/mol. The van der Waals surface area contributed by atoms with Crippen LogP contribution < -0.4 is 10.6 Å². The molecule has 2 atom stereocenters. The molecule has 3 N–H and O–H groups in total. The molecule has 172 valence electrons. The summed E-state index contributed by atoms with van der Waals surface area (Å²) in [6, 6.07) is 6.62. The Morgan fingerprint density at radius 3 is 2.82 bits per heavy atom. The number of rotatable bonds is 9. The van der Waals surface area contributed by atoms with Gasteiger partial charge >= 0.3 is 0 Å². The van der Waals surface area contributed by atoms with Crippen LogP contribution in [0.3, 0.4) is 0 Å². The van der Waals surface area contributed by atoms with Crippen molar-refractivity contribution in [2.75, 3.05) is 18.5 Å². The van der Waals surface area contributed by atoms with E-state index in [1.54, 1.807) is 31.3 Å². The lowest BCUT2D eigenvalue weighted by atomic mass is 10.0. The van der Waals surface area contributed by atoms with E-state index >= 15 is 0 Å². The zero-order chi connectivity index (χ0) is 23.6. The minimum absolute atomic E-state index is 0.119. The zero-order valence-electron chi connectivity index (χ0n) is 18.4. The zero-order valence-corrected chi connectivity index (χ0v) is 19.3. The van der Waals surface area contributed by atoms with Crippen LogP contribution in [0.5, 0.6) is 0 Å². The van der Waals surface area contributed by atoms with Gasteiger partial charge in [-0.1, -0.05) is 24.8 Å². The molecule has 0 aliphatic carbocycles. The normalized spacial score (nSPS) is 16.3. The van der Waals surface area contributed by atoms with Gasteiger partial charge in [-0.2, -0.15) is 0 Å². The molecular formula is C24H26N4O4S. The Morgan fingerprint density at radius 2 is 2.15 bits per heavy atom. The molecule has 3 heterocycles. The number of benzene rings is 1. The van der Waals surface area contributed by atoms with Gasteiger partial charge in [0.15, 0.2) is 11.4 Å². The van der Waals surface area contributed by atoms with Gasteiger partial charge in [0.05, 0.1) is 36.1 Å². The van der Waals surface area contributed by atoms with E-state index in [1.165, 1.54) is 11.3 Å². The Balaban J connectivity index is 1.37. The third-order valence-electron chi connectivity index (χ3n) is 5.74. The van der Waals surface area contributed by atoms with Crippen LogP contribution in [0.1, 0.15) is 40.1 Å². The van der Waals surface area contributed by atoms with Crippen LogP contribution >= 0.6 is 11.3 Å². The molecule has 9 heteroatoms. The van der Waals surface area contributed by atoms with Crippen LogP contribution in [-0.4, -0.2) is 52.3 Å². The number of nitrogens with one attached hydrogen (secondary N) is 2. The first kappa shape index (κ1) is 22.9. The lowest BCUT2D eigenvalue weighted by Crippen LogP contribution is -2.48. The van der Waals surface area contributed by atoms with E-state index in [1.807, 2.05) is 28.3 Å². The van der Waals surface area contributed by atoms with Crippen LogP contribution in [0.4, 0.5) is 5.13 Å². The molecule has 3 aromatic rings. The molecule has 1 aliphatic heterocycles. The van der Waals surface area contributed by atoms with Crippen LogP contribution in [-0.2, 0) is 10.3 Å². The van der Waals surface area contributed by atoms with E-state index in [-0.39, 0.29) is 11.4 Å². The van der Waals surface area contributed by atoms with E-state index < -0.39 is 12.3 Å². The molecule has 0 bridgehead atoms. The van der Waals surface area contributed by atoms with E-state index in [4.69, 9.17) is 4.74 Å². The maximum absolute atomic E-state index is 12.6. The van der Waals surface area contributed by atoms with Gasteiger partial charge in [0, 0.05) is 28.9 Å². The molecule has 0 radical (unpaired) electrons. The van der Waals surface area contributed by atoms with Gasteiger partial charge in [-0.05, 0) is 31.5 Å². The fourth-order valence-corrected chi connectivity index (χ4v) is 4.28. The van der Waals surface area contributed by atoms with Gasteiger partial charge in [0.25, 0.3) is 5.91 Å². The first-order chi connectivity index (χ1) is 15.8. The third-order valence-corrected chi connectivity index (χ3v) is 6.52. The molecule has 1 saturated heterocycles. The summed E-state index contributed by atoms with van der Waals surface area (Å²) < 4.78 is 7.27. The predicted octanol–water partition coefficient (Wildman–Crippen LogP) is 3.36. The minimum atomic E-state index is -1.04. The van der Waals surface area contributed by atoms with Gasteiger partial charge in [-0.3, -0.25) is 9.59 Å². The Labute approximate surface area is 195 Å². The molecule has 0 spiro atoms. The molecule has 1 aliphatic rings. The fraction of sp³-hybridized carbons (Fsp3) is 0.292. The maximum Gasteiger partial charge on any atom is 0.253 e. The number of aromatic nitrogens is 2. The van der Waals surface area contributed by atoms with Crippen molar-refractivity contribution >= 4 is 34.7 Å². The number of amides is 1. The second kappa shape index (κ2) is 9.30. The second-order valence-electron chi connectivity index (χ2n) is 8.35. The van der Waals surface area contributed by atoms with Crippen molar-refractivity contribution in [3.8, 4) is 11.3 Å². The Hall–Kier alpha value is -3.27. The maximum atomic E-state index is 12.6. The smallest absolute Gasteiger partial charge is 0.253 e. The first-order valence-electron chi connectivity index (χ1n) is 10.5. The van der Waals surface area contributed by atoms with E-state index in [0.717, 1.165) is 17.4 Å². The number of ether oxygens (including phenoxy) is 1. The largest absolute Gasteiger partial charge is 0.376 e. The van der Waals surface area contributed by atoms with Crippen molar-refractivity contribution in [3.05, 3.63) is 65.3 Å². The second-order valence-corrected chi connectivity index (χ2v) is 9.21. The van der Waals surface area contributed by atoms with Gasteiger partial charge < -0.3 is 25.0 Å². The first-order valence-corrected chi connectivity index (χ1v) is 11.4. The monoisotopic (exact) mass is 466 g/mol. The summed E-state index contributed by atoms with van der Waals surface area (Å²) in [5, 5.41) is 18.6. The number of aldehydes is 1. The number of aliphatic hydroxyl groups excluding tert-OH is 1. The van der Waals surface area contributed by atoms with Gasteiger partial charge in [-0.15, -0.1) is 11.3 Å². The molecule has 1 unspecified atom stereocenters. The molecule has 33 heavy (non-hydrogen) atoms. The van der Waals surface area contributed by atoms with Crippen LogP contribution in [0.25, 0.3) is 17.3 Å². The van der Waals surface area contributed by atoms with Crippen molar-refractivity contribution in [2.24, 2.45) is 0 Å². The molecule has 0 saturated carbocycles. The Bertz CT molecular complexity index is 1180. The average Bonchev–Trinajstić information content (AvgIpc) is 3.47. The van der Waals surface area contributed by atoms with Crippen LogP contribution in [0, 0.1) is 0 Å². The SMILES string of the molecule is C=Cc1ccc(-c2csc(NC(O)[C@H](C)NC(=O)c3ccn(C4(C)COC4)c3)n2)cc1C=O. The van der Waals surface area contributed by atoms with E-state index in [0.29, 0.717) is 35.2 Å².